The van der Waals surface area contributed by atoms with E-state index < -0.39 is 5.97 Å². The molecule has 0 bridgehead atoms. The van der Waals surface area contributed by atoms with Crippen LogP contribution in [0.25, 0.3) is 0 Å². The molecule has 0 aromatic heterocycles. The number of carboxylic acids is 1. The normalized spacial score (nSPS) is 25.9. The largest absolute Gasteiger partial charge is 1.00 e. The summed E-state index contributed by atoms with van der Waals surface area (Å²) in [6.45, 7) is 2.19. The maximum absolute atomic E-state index is 10.4. The van der Waals surface area contributed by atoms with Gasteiger partial charge in [-0.25, -0.2) is 0 Å². The van der Waals surface area contributed by atoms with Gasteiger partial charge in [-0.15, -0.1) is 0 Å². The molecule has 0 aromatic rings. The Kier molecular flexibility index (Phi) is 8.47. The first-order valence-corrected chi connectivity index (χ1v) is 7.16. The molecule has 2 nitrogen and oxygen atoms in total. The number of carboxylic acid groups (broad SMARTS) is 1. The van der Waals surface area contributed by atoms with Crippen molar-refractivity contribution in [2.75, 3.05) is 0 Å². The van der Waals surface area contributed by atoms with Gasteiger partial charge in [0.05, 0.1) is 3.23 Å². The Bertz CT molecular complexity index is 234. The average molecular weight is 364 g/mol. The standard InChI is InChI=1S/C11H18Br2O2.Na/c1-2-3-4-5-8-9(11(8,12)13)6-7-10(14)15;/h8-9H,2-7H2,1H3,(H,14,15);/q;+1/p-1. The number of carbonyl (C=O) groups is 1. The summed E-state index contributed by atoms with van der Waals surface area (Å²) in [4.78, 5) is 10.4. The third kappa shape index (κ3) is 4.97. The molecule has 0 amide bonds. The van der Waals surface area contributed by atoms with Crippen LogP contribution in [0.3, 0.4) is 0 Å². The van der Waals surface area contributed by atoms with Gasteiger partial charge in [-0.2, -0.15) is 0 Å². The summed E-state index contributed by atoms with van der Waals surface area (Å²) in [5.74, 6) is 0.0978. The molecule has 1 aliphatic carbocycles. The van der Waals surface area contributed by atoms with Crippen molar-refractivity contribution in [3.8, 4) is 0 Å². The van der Waals surface area contributed by atoms with Gasteiger partial charge in [0.2, 0.25) is 0 Å². The molecule has 0 aliphatic heterocycles. The Morgan fingerprint density at radius 2 is 1.81 bits per heavy atom. The van der Waals surface area contributed by atoms with Gasteiger partial charge in [0.1, 0.15) is 0 Å². The van der Waals surface area contributed by atoms with Crippen LogP contribution in [0.15, 0.2) is 0 Å². The second kappa shape index (κ2) is 7.78. The Hall–Kier alpha value is 1.43. The third-order valence-corrected chi connectivity index (χ3v) is 5.50. The average Bonchev–Trinajstić information content (AvgIpc) is 2.65. The van der Waals surface area contributed by atoms with Crippen molar-refractivity contribution >= 4 is 37.8 Å². The molecule has 2 unspecified atom stereocenters. The van der Waals surface area contributed by atoms with Crippen LogP contribution in [0, 0.1) is 11.8 Å². The van der Waals surface area contributed by atoms with Crippen LogP contribution in [0.5, 0.6) is 0 Å². The summed E-state index contributed by atoms with van der Waals surface area (Å²) in [5, 5.41) is 10.4. The van der Waals surface area contributed by atoms with E-state index in [1.54, 1.807) is 0 Å². The molecule has 1 saturated carbocycles. The van der Waals surface area contributed by atoms with Crippen LogP contribution < -0.4 is 34.7 Å². The molecule has 2 atom stereocenters. The van der Waals surface area contributed by atoms with E-state index in [9.17, 15) is 9.90 Å². The summed E-state index contributed by atoms with van der Waals surface area (Å²) >= 11 is 7.25. The summed E-state index contributed by atoms with van der Waals surface area (Å²) in [7, 11) is 0. The molecule has 0 aromatic carbocycles. The fraction of sp³-hybridized carbons (Fsp3) is 0.909. The molecule has 1 rings (SSSR count). The van der Waals surface area contributed by atoms with Gasteiger partial charge in [0, 0.05) is 5.97 Å². The number of hydrogen-bond donors (Lipinski definition) is 0. The monoisotopic (exact) mass is 362 g/mol. The predicted molar refractivity (Wildman–Crippen MR) is 65.9 cm³/mol. The molecule has 1 fully saturated rings. The minimum atomic E-state index is -0.940. The first-order valence-electron chi connectivity index (χ1n) is 5.57. The number of unbranched alkanes of at least 4 members (excludes halogenated alkanes) is 2. The molecule has 0 N–H and O–H groups in total. The minimum Gasteiger partial charge on any atom is -0.550 e. The van der Waals surface area contributed by atoms with E-state index in [1.807, 2.05) is 0 Å². The van der Waals surface area contributed by atoms with Crippen molar-refractivity contribution in [2.45, 2.75) is 48.7 Å². The van der Waals surface area contributed by atoms with Gasteiger partial charge < -0.3 is 9.90 Å². The second-order valence-corrected chi connectivity index (χ2v) is 7.98. The number of aliphatic carboxylic acids is 1. The topological polar surface area (TPSA) is 40.1 Å². The third-order valence-electron chi connectivity index (χ3n) is 3.14. The molecular formula is C11H17Br2NaO2. The van der Waals surface area contributed by atoms with Crippen LogP contribution in [0.4, 0.5) is 0 Å². The molecule has 0 saturated heterocycles. The van der Waals surface area contributed by atoms with Gasteiger partial charge in [0.15, 0.2) is 0 Å². The summed E-state index contributed by atoms with van der Waals surface area (Å²) in [6, 6.07) is 0. The Balaban J connectivity index is 0.00000225. The van der Waals surface area contributed by atoms with Crippen molar-refractivity contribution in [2.24, 2.45) is 11.8 Å². The fourth-order valence-electron chi connectivity index (χ4n) is 2.14. The first kappa shape index (κ1) is 17.4. The van der Waals surface area contributed by atoms with Crippen LogP contribution in [-0.2, 0) is 4.79 Å². The molecule has 1 aliphatic rings. The van der Waals surface area contributed by atoms with Crippen molar-refractivity contribution < 1.29 is 39.5 Å². The number of halogens is 2. The van der Waals surface area contributed by atoms with Gasteiger partial charge >= 0.3 is 29.6 Å². The van der Waals surface area contributed by atoms with E-state index >= 15 is 0 Å². The van der Waals surface area contributed by atoms with Crippen molar-refractivity contribution in [3.05, 3.63) is 0 Å². The zero-order valence-corrected chi connectivity index (χ0v) is 15.1. The molecule has 0 heterocycles. The van der Waals surface area contributed by atoms with Crippen molar-refractivity contribution in [3.63, 3.8) is 0 Å². The predicted octanol–water partition coefficient (Wildman–Crippen LogP) is -0.167. The van der Waals surface area contributed by atoms with Crippen LogP contribution in [0.2, 0.25) is 0 Å². The summed E-state index contributed by atoms with van der Waals surface area (Å²) in [6.07, 6.45) is 5.81. The smallest absolute Gasteiger partial charge is 0.550 e. The van der Waals surface area contributed by atoms with Crippen LogP contribution in [-0.4, -0.2) is 9.20 Å². The zero-order chi connectivity index (χ0) is 11.5. The molecule has 88 valence electrons. The molecule has 0 spiro atoms. The maximum atomic E-state index is 10.4. The van der Waals surface area contributed by atoms with Gasteiger partial charge in [-0.05, 0) is 31.1 Å². The molecular weight excluding hydrogens is 347 g/mol. The molecule has 16 heavy (non-hydrogen) atoms. The van der Waals surface area contributed by atoms with Crippen molar-refractivity contribution in [1.82, 2.24) is 0 Å². The van der Waals surface area contributed by atoms with Gasteiger partial charge in [0.25, 0.3) is 0 Å². The van der Waals surface area contributed by atoms with Crippen molar-refractivity contribution in [1.29, 1.82) is 0 Å². The quantitative estimate of drug-likeness (QED) is 0.358. The summed E-state index contributed by atoms with van der Waals surface area (Å²) < 4.78 is 0.00317. The van der Waals surface area contributed by atoms with E-state index in [2.05, 4.69) is 38.8 Å². The number of carbonyl (C=O) groups excluding carboxylic acids is 1. The van der Waals surface area contributed by atoms with E-state index in [0.29, 0.717) is 11.8 Å². The fourth-order valence-corrected chi connectivity index (χ4v) is 4.06. The van der Waals surface area contributed by atoms with Gasteiger partial charge in [-0.1, -0.05) is 58.0 Å². The van der Waals surface area contributed by atoms with Gasteiger partial charge in [-0.3, -0.25) is 0 Å². The second-order valence-electron chi connectivity index (χ2n) is 4.29. The minimum absolute atomic E-state index is 0. The Morgan fingerprint density at radius 1 is 1.25 bits per heavy atom. The van der Waals surface area contributed by atoms with E-state index in [4.69, 9.17) is 0 Å². The number of hydrogen-bond acceptors (Lipinski definition) is 2. The first-order chi connectivity index (χ1) is 7.00. The summed E-state index contributed by atoms with van der Waals surface area (Å²) in [5.41, 5.74) is 0. The molecule has 0 radical (unpaired) electrons. The van der Waals surface area contributed by atoms with E-state index in [-0.39, 0.29) is 39.2 Å². The molecule has 5 heteroatoms. The Morgan fingerprint density at radius 3 is 2.31 bits per heavy atom. The zero-order valence-electron chi connectivity index (χ0n) is 9.97. The Labute approximate surface area is 136 Å². The SMILES string of the molecule is CCCCCC1C(CCC(=O)[O-])C1(Br)Br.[Na+]. The number of alkyl halides is 2. The van der Waals surface area contributed by atoms with Crippen LogP contribution >= 0.6 is 31.9 Å². The number of rotatable bonds is 7. The van der Waals surface area contributed by atoms with E-state index in [0.717, 1.165) is 6.42 Å². The van der Waals surface area contributed by atoms with Crippen LogP contribution in [0.1, 0.15) is 45.4 Å². The van der Waals surface area contributed by atoms with E-state index in [1.165, 1.54) is 25.7 Å². The maximum Gasteiger partial charge on any atom is 1.00 e.